The van der Waals surface area contributed by atoms with E-state index >= 15 is 0 Å². The third-order valence-corrected chi connectivity index (χ3v) is 5.76. The normalized spacial score (nSPS) is 10.8. The molecule has 170 valence electrons. The summed E-state index contributed by atoms with van der Waals surface area (Å²) >= 11 is 1.27. The molecule has 0 unspecified atom stereocenters. The molecule has 0 radical (unpaired) electrons. The quantitative estimate of drug-likeness (QED) is 0.364. The number of hydrogen-bond donors (Lipinski definition) is 3. The summed E-state index contributed by atoms with van der Waals surface area (Å²) in [6.07, 6.45) is 0.848. The molecule has 8 nitrogen and oxygen atoms in total. The minimum atomic E-state index is -0.435. The van der Waals surface area contributed by atoms with Gasteiger partial charge in [-0.1, -0.05) is 24.3 Å². The molecule has 0 aliphatic rings. The van der Waals surface area contributed by atoms with Crippen molar-refractivity contribution in [3.05, 3.63) is 76.8 Å². The Morgan fingerprint density at radius 2 is 2.00 bits per heavy atom. The van der Waals surface area contributed by atoms with Crippen LogP contribution < -0.4 is 10.6 Å². The molecule has 0 atom stereocenters. The Hall–Kier alpha value is -3.79. The first-order chi connectivity index (χ1) is 16.0. The lowest BCUT2D eigenvalue weighted by molar-refractivity contribution is -0.130. The first-order valence-corrected chi connectivity index (χ1v) is 11.3. The number of fused-ring (bicyclic) bond motifs is 1. The van der Waals surface area contributed by atoms with Gasteiger partial charge in [-0.2, -0.15) is 0 Å². The summed E-state index contributed by atoms with van der Waals surface area (Å²) in [5.41, 5.74) is 3.18. The number of hydrogen-bond acceptors (Lipinski definition) is 5. The number of carbonyl (C=O) groups excluding carboxylic acids is 2. The van der Waals surface area contributed by atoms with Crippen molar-refractivity contribution in [2.24, 2.45) is 0 Å². The monoisotopic (exact) mass is 466 g/mol. The van der Waals surface area contributed by atoms with Crippen molar-refractivity contribution in [3.63, 3.8) is 0 Å². The predicted octanol–water partition coefficient (Wildman–Crippen LogP) is 4.07. The third-order valence-electron chi connectivity index (χ3n) is 4.95. The molecule has 2 aromatic heterocycles. The van der Waals surface area contributed by atoms with Crippen LogP contribution >= 0.6 is 11.3 Å². The maximum absolute atomic E-state index is 13.2. The van der Waals surface area contributed by atoms with Gasteiger partial charge in [0.05, 0.1) is 23.3 Å². The highest BCUT2D eigenvalue weighted by Crippen LogP contribution is 2.17. The van der Waals surface area contributed by atoms with Gasteiger partial charge in [-0.3, -0.25) is 10.1 Å². The Morgan fingerprint density at radius 1 is 1.15 bits per heavy atom. The molecule has 0 saturated carbocycles. The number of carbonyl (C=O) groups is 2. The zero-order valence-corrected chi connectivity index (χ0v) is 18.8. The van der Waals surface area contributed by atoms with E-state index in [9.17, 15) is 14.0 Å². The molecule has 10 heteroatoms. The van der Waals surface area contributed by atoms with Crippen LogP contribution in [0.1, 0.15) is 23.5 Å². The van der Waals surface area contributed by atoms with Gasteiger partial charge in [0, 0.05) is 31.8 Å². The molecule has 3 N–H and O–H groups in total. The average molecular weight is 467 g/mol. The van der Waals surface area contributed by atoms with Gasteiger partial charge in [-0.05, 0) is 29.8 Å². The standard InChI is InChI=1S/C23H23FN6O2S/c1-30(21(31)10-9-20-27-18-7-2-3-8-19(18)28-20)13-17-14-33-23(26-17)29-22(32)25-12-15-5-4-6-16(24)11-15/h2-8,11,14H,9-10,12-13H2,1H3,(H,27,28)(H2,25,26,29,32). The lowest BCUT2D eigenvalue weighted by atomic mass is 10.2. The summed E-state index contributed by atoms with van der Waals surface area (Å²) in [6.45, 7) is 0.534. The van der Waals surface area contributed by atoms with E-state index in [0.29, 0.717) is 35.8 Å². The molecule has 4 rings (SSSR count). The maximum Gasteiger partial charge on any atom is 0.321 e. The summed E-state index contributed by atoms with van der Waals surface area (Å²) < 4.78 is 13.2. The van der Waals surface area contributed by atoms with E-state index in [2.05, 4.69) is 25.6 Å². The van der Waals surface area contributed by atoms with Crippen LogP contribution in [0.25, 0.3) is 11.0 Å². The molecule has 2 aromatic carbocycles. The van der Waals surface area contributed by atoms with Gasteiger partial charge in [0.15, 0.2) is 5.13 Å². The minimum Gasteiger partial charge on any atom is -0.342 e. The highest BCUT2D eigenvalue weighted by molar-refractivity contribution is 7.13. The number of benzene rings is 2. The number of rotatable bonds is 8. The van der Waals surface area contributed by atoms with E-state index in [1.54, 1.807) is 29.5 Å². The number of amides is 3. The lowest BCUT2D eigenvalue weighted by Gasteiger charge is -2.15. The highest BCUT2D eigenvalue weighted by atomic mass is 32.1. The fourth-order valence-electron chi connectivity index (χ4n) is 3.28. The second kappa shape index (κ2) is 10.2. The van der Waals surface area contributed by atoms with E-state index < -0.39 is 6.03 Å². The van der Waals surface area contributed by atoms with Gasteiger partial charge in [0.25, 0.3) is 0 Å². The third kappa shape index (κ3) is 6.13. The van der Waals surface area contributed by atoms with E-state index in [-0.39, 0.29) is 18.3 Å². The molecule has 0 aliphatic heterocycles. The van der Waals surface area contributed by atoms with Gasteiger partial charge >= 0.3 is 6.03 Å². The molecule has 0 aliphatic carbocycles. The van der Waals surface area contributed by atoms with E-state index in [1.165, 1.54) is 23.5 Å². The van der Waals surface area contributed by atoms with Crippen LogP contribution in [-0.2, 0) is 24.3 Å². The van der Waals surface area contributed by atoms with Crippen molar-refractivity contribution in [1.29, 1.82) is 0 Å². The number of imidazole rings is 1. The molecule has 0 spiro atoms. The van der Waals surface area contributed by atoms with Crippen molar-refractivity contribution in [1.82, 2.24) is 25.2 Å². The first-order valence-electron chi connectivity index (χ1n) is 10.4. The Kier molecular flexibility index (Phi) is 6.94. The first kappa shape index (κ1) is 22.4. The molecular formula is C23H23FN6O2S. The average Bonchev–Trinajstić information content (AvgIpc) is 3.42. The number of anilines is 1. The van der Waals surface area contributed by atoms with Gasteiger partial charge in [0.2, 0.25) is 5.91 Å². The van der Waals surface area contributed by atoms with Gasteiger partial charge < -0.3 is 15.2 Å². The fraction of sp³-hybridized carbons (Fsp3) is 0.217. The van der Waals surface area contributed by atoms with Crippen LogP contribution in [0.4, 0.5) is 14.3 Å². The fourth-order valence-corrected chi connectivity index (χ4v) is 3.98. The summed E-state index contributed by atoms with van der Waals surface area (Å²) in [6, 6.07) is 13.3. The molecule has 33 heavy (non-hydrogen) atoms. The molecule has 0 fully saturated rings. The number of nitrogens with zero attached hydrogens (tertiary/aromatic N) is 3. The number of thiazole rings is 1. The van der Waals surface area contributed by atoms with Crippen molar-refractivity contribution in [3.8, 4) is 0 Å². The van der Waals surface area contributed by atoms with Gasteiger partial charge in [-0.25, -0.2) is 19.2 Å². The molecule has 4 aromatic rings. The second-order valence-electron chi connectivity index (χ2n) is 7.53. The van der Waals surface area contributed by atoms with Crippen molar-refractivity contribution < 1.29 is 14.0 Å². The van der Waals surface area contributed by atoms with Crippen LogP contribution in [0.5, 0.6) is 0 Å². The SMILES string of the molecule is CN(Cc1csc(NC(=O)NCc2cccc(F)c2)n1)C(=O)CCc1nc2ccccc2[nH]1. The Bertz CT molecular complexity index is 1240. The van der Waals surface area contributed by atoms with E-state index in [1.807, 2.05) is 24.3 Å². The largest absolute Gasteiger partial charge is 0.342 e. The van der Waals surface area contributed by atoms with Gasteiger partial charge in [0.1, 0.15) is 11.6 Å². The number of halogens is 1. The van der Waals surface area contributed by atoms with Crippen LogP contribution in [-0.4, -0.2) is 38.8 Å². The minimum absolute atomic E-state index is 0.0224. The summed E-state index contributed by atoms with van der Waals surface area (Å²) in [5, 5.41) is 7.54. The smallest absolute Gasteiger partial charge is 0.321 e. The van der Waals surface area contributed by atoms with E-state index in [4.69, 9.17) is 0 Å². The molecule has 0 saturated heterocycles. The number of nitrogens with one attached hydrogen (secondary N) is 3. The van der Waals surface area contributed by atoms with Crippen molar-refractivity contribution >= 4 is 39.4 Å². The lowest BCUT2D eigenvalue weighted by Crippen LogP contribution is -2.28. The Labute approximate surface area is 193 Å². The van der Waals surface area contributed by atoms with Crippen molar-refractivity contribution in [2.75, 3.05) is 12.4 Å². The predicted molar refractivity (Wildman–Crippen MR) is 125 cm³/mol. The number of aryl methyl sites for hydroxylation is 1. The number of para-hydroxylation sites is 2. The van der Waals surface area contributed by atoms with Crippen LogP contribution in [0.3, 0.4) is 0 Å². The molecule has 2 heterocycles. The van der Waals surface area contributed by atoms with Crippen LogP contribution in [0.15, 0.2) is 53.9 Å². The summed E-state index contributed by atoms with van der Waals surface area (Å²) in [7, 11) is 1.72. The number of aromatic amines is 1. The maximum atomic E-state index is 13.2. The van der Waals surface area contributed by atoms with Crippen molar-refractivity contribution in [2.45, 2.75) is 25.9 Å². The van der Waals surface area contributed by atoms with Crippen LogP contribution in [0.2, 0.25) is 0 Å². The van der Waals surface area contributed by atoms with Gasteiger partial charge in [-0.15, -0.1) is 11.3 Å². The number of aromatic nitrogens is 3. The summed E-state index contributed by atoms with van der Waals surface area (Å²) in [5.74, 6) is 0.406. The summed E-state index contributed by atoms with van der Waals surface area (Å²) in [4.78, 5) is 38.3. The second-order valence-corrected chi connectivity index (χ2v) is 8.39. The molecule has 3 amide bonds. The molecular weight excluding hydrogens is 443 g/mol. The Morgan fingerprint density at radius 3 is 2.82 bits per heavy atom. The Balaban J connectivity index is 1.23. The highest BCUT2D eigenvalue weighted by Gasteiger charge is 2.14. The van der Waals surface area contributed by atoms with Crippen LogP contribution in [0, 0.1) is 5.82 Å². The zero-order chi connectivity index (χ0) is 23.2. The number of H-pyrrole nitrogens is 1. The topological polar surface area (TPSA) is 103 Å². The molecule has 0 bridgehead atoms. The van der Waals surface area contributed by atoms with E-state index in [0.717, 1.165) is 16.9 Å². The number of urea groups is 1. The zero-order valence-electron chi connectivity index (χ0n) is 18.0.